The second-order valence-electron chi connectivity index (χ2n) is 4.54. The van der Waals surface area contributed by atoms with Crippen LogP contribution in [0.1, 0.15) is 39.5 Å². The van der Waals surface area contributed by atoms with Crippen LogP contribution < -0.4 is 0 Å². The summed E-state index contributed by atoms with van der Waals surface area (Å²) in [4.78, 5) is 10.1. The van der Waals surface area contributed by atoms with Crippen molar-refractivity contribution in [1.29, 1.82) is 0 Å². The summed E-state index contributed by atoms with van der Waals surface area (Å²) in [6.45, 7) is 4.63. The lowest BCUT2D eigenvalue weighted by Gasteiger charge is -2.33. The fourth-order valence-corrected chi connectivity index (χ4v) is 2.12. The Hall–Kier alpha value is -0.590. The lowest BCUT2D eigenvalue weighted by Crippen LogP contribution is -2.21. The van der Waals surface area contributed by atoms with Gasteiger partial charge in [-0.15, -0.1) is 0 Å². The molecule has 0 amide bonds. The lowest BCUT2D eigenvalue weighted by molar-refractivity contribution is -0.104. The van der Waals surface area contributed by atoms with Gasteiger partial charge in [0.05, 0.1) is 0 Å². The molecule has 1 unspecified atom stereocenters. The van der Waals surface area contributed by atoms with Gasteiger partial charge in [-0.1, -0.05) is 26.3 Å². The number of aldehydes is 1. The average molecular weight is 166 g/mol. The van der Waals surface area contributed by atoms with Gasteiger partial charge in [-0.05, 0) is 36.7 Å². The molecule has 1 rings (SSSR count). The second-order valence-corrected chi connectivity index (χ2v) is 4.54. The first-order chi connectivity index (χ1) is 5.64. The molecule has 1 aliphatic carbocycles. The quantitative estimate of drug-likeness (QED) is 0.455. The van der Waals surface area contributed by atoms with Crippen molar-refractivity contribution >= 4 is 6.29 Å². The third kappa shape index (κ3) is 2.80. The molecule has 0 N–H and O–H groups in total. The van der Waals surface area contributed by atoms with E-state index in [-0.39, 0.29) is 0 Å². The summed E-state index contributed by atoms with van der Waals surface area (Å²) in [5.74, 6) is 0.638. The minimum atomic E-state index is 0.482. The van der Waals surface area contributed by atoms with Crippen molar-refractivity contribution in [2.75, 3.05) is 0 Å². The predicted molar refractivity (Wildman–Crippen MR) is 50.9 cm³/mol. The summed E-state index contributed by atoms with van der Waals surface area (Å²) in [5.41, 5.74) is 0.482. The third-order valence-electron chi connectivity index (χ3n) is 2.71. The van der Waals surface area contributed by atoms with Crippen LogP contribution in [0.2, 0.25) is 0 Å². The zero-order chi connectivity index (χ0) is 9.03. The Morgan fingerprint density at radius 1 is 1.42 bits per heavy atom. The molecule has 1 nitrogen and oxygen atoms in total. The van der Waals surface area contributed by atoms with Crippen molar-refractivity contribution in [3.05, 3.63) is 12.2 Å². The van der Waals surface area contributed by atoms with E-state index < -0.39 is 0 Å². The van der Waals surface area contributed by atoms with Gasteiger partial charge in [0.25, 0.3) is 0 Å². The number of hydrogen-bond donors (Lipinski definition) is 0. The highest BCUT2D eigenvalue weighted by molar-refractivity contribution is 5.64. The molecule has 0 spiro atoms. The van der Waals surface area contributed by atoms with E-state index in [1.165, 1.54) is 25.7 Å². The molecule has 0 aromatic carbocycles. The second kappa shape index (κ2) is 3.88. The Bertz CT molecular complexity index is 179. The van der Waals surface area contributed by atoms with Gasteiger partial charge < -0.3 is 0 Å². The molecule has 0 heterocycles. The Morgan fingerprint density at radius 3 is 2.75 bits per heavy atom. The molecule has 1 aliphatic rings. The van der Waals surface area contributed by atoms with Crippen LogP contribution in [0.25, 0.3) is 0 Å². The Kier molecular flexibility index (Phi) is 3.07. The molecule has 0 aromatic heterocycles. The summed E-state index contributed by atoms with van der Waals surface area (Å²) < 4.78 is 0. The van der Waals surface area contributed by atoms with Crippen molar-refractivity contribution in [2.24, 2.45) is 11.3 Å². The number of hydrogen-bond acceptors (Lipinski definition) is 1. The standard InChI is InChI=1S/C11H18O/c1-11(2)7-3-5-10(9-11)6-4-8-12/h4,6,8,10H,3,5,7,9H2,1-2H3/b6-4+. The van der Waals surface area contributed by atoms with Gasteiger partial charge in [-0.25, -0.2) is 0 Å². The molecule has 1 fully saturated rings. The minimum Gasteiger partial charge on any atom is -0.299 e. The van der Waals surface area contributed by atoms with Gasteiger partial charge >= 0.3 is 0 Å². The first-order valence-electron chi connectivity index (χ1n) is 4.76. The number of allylic oxidation sites excluding steroid dienone is 2. The maximum Gasteiger partial charge on any atom is 0.142 e. The lowest BCUT2D eigenvalue weighted by atomic mass is 9.72. The summed E-state index contributed by atoms with van der Waals surface area (Å²) >= 11 is 0. The van der Waals surface area contributed by atoms with E-state index in [0.29, 0.717) is 11.3 Å². The molecule has 68 valence electrons. The zero-order valence-electron chi connectivity index (χ0n) is 8.05. The first-order valence-corrected chi connectivity index (χ1v) is 4.76. The number of rotatable bonds is 2. The van der Waals surface area contributed by atoms with E-state index >= 15 is 0 Å². The average Bonchev–Trinajstić information content (AvgIpc) is 1.99. The van der Waals surface area contributed by atoms with Crippen LogP contribution in [0, 0.1) is 11.3 Å². The molecule has 0 bridgehead atoms. The molecule has 0 saturated heterocycles. The number of carbonyl (C=O) groups excluding carboxylic acids is 1. The van der Waals surface area contributed by atoms with Crippen molar-refractivity contribution < 1.29 is 4.79 Å². The topological polar surface area (TPSA) is 17.1 Å². The van der Waals surface area contributed by atoms with Gasteiger partial charge in [0.15, 0.2) is 0 Å². The van der Waals surface area contributed by atoms with Crippen LogP contribution in [-0.4, -0.2) is 6.29 Å². The van der Waals surface area contributed by atoms with Crippen LogP contribution in [-0.2, 0) is 4.79 Å². The van der Waals surface area contributed by atoms with Gasteiger partial charge in [0.2, 0.25) is 0 Å². The Labute approximate surface area is 74.9 Å². The monoisotopic (exact) mass is 166 g/mol. The van der Waals surface area contributed by atoms with Crippen LogP contribution in [0.4, 0.5) is 0 Å². The third-order valence-corrected chi connectivity index (χ3v) is 2.71. The Morgan fingerprint density at radius 2 is 2.17 bits per heavy atom. The van der Waals surface area contributed by atoms with E-state index in [1.807, 2.05) is 0 Å². The van der Waals surface area contributed by atoms with Crippen LogP contribution in [0.3, 0.4) is 0 Å². The van der Waals surface area contributed by atoms with Crippen molar-refractivity contribution in [3.63, 3.8) is 0 Å². The maximum atomic E-state index is 10.1. The van der Waals surface area contributed by atoms with E-state index in [9.17, 15) is 4.79 Å². The minimum absolute atomic E-state index is 0.482. The van der Waals surface area contributed by atoms with E-state index in [1.54, 1.807) is 6.08 Å². The van der Waals surface area contributed by atoms with Crippen molar-refractivity contribution in [1.82, 2.24) is 0 Å². The Balaban J connectivity index is 2.46. The summed E-state index contributed by atoms with van der Waals surface area (Å²) in [6, 6.07) is 0. The molecule has 1 saturated carbocycles. The highest BCUT2D eigenvalue weighted by Gasteiger charge is 2.26. The van der Waals surface area contributed by atoms with Crippen LogP contribution >= 0.6 is 0 Å². The number of carbonyl (C=O) groups is 1. The summed E-state index contributed by atoms with van der Waals surface area (Å²) in [6.07, 6.45) is 9.71. The summed E-state index contributed by atoms with van der Waals surface area (Å²) in [5, 5.41) is 0. The highest BCUT2D eigenvalue weighted by atomic mass is 16.1. The molecule has 0 radical (unpaired) electrons. The van der Waals surface area contributed by atoms with Crippen LogP contribution in [0.15, 0.2) is 12.2 Å². The van der Waals surface area contributed by atoms with E-state index in [2.05, 4.69) is 19.9 Å². The van der Waals surface area contributed by atoms with Gasteiger partial charge in [0.1, 0.15) is 6.29 Å². The highest BCUT2D eigenvalue weighted by Crippen LogP contribution is 2.38. The van der Waals surface area contributed by atoms with Crippen molar-refractivity contribution in [3.8, 4) is 0 Å². The molecular formula is C11H18O. The molecule has 0 aromatic rings. The maximum absolute atomic E-state index is 10.1. The fourth-order valence-electron chi connectivity index (χ4n) is 2.12. The molecule has 1 heteroatoms. The SMILES string of the molecule is CC1(C)CCCC(/C=C/C=O)C1. The molecular weight excluding hydrogens is 148 g/mol. The zero-order valence-corrected chi connectivity index (χ0v) is 8.05. The molecule has 1 atom stereocenters. The van der Waals surface area contributed by atoms with Gasteiger partial charge in [0, 0.05) is 0 Å². The smallest absolute Gasteiger partial charge is 0.142 e. The molecule has 0 aliphatic heterocycles. The van der Waals surface area contributed by atoms with Crippen LogP contribution in [0.5, 0.6) is 0 Å². The van der Waals surface area contributed by atoms with E-state index in [4.69, 9.17) is 0 Å². The largest absolute Gasteiger partial charge is 0.299 e. The first kappa shape index (κ1) is 9.50. The normalized spacial score (nSPS) is 29.0. The predicted octanol–water partition coefficient (Wildman–Crippen LogP) is 2.96. The fraction of sp³-hybridized carbons (Fsp3) is 0.727. The van der Waals surface area contributed by atoms with E-state index in [0.717, 1.165) is 6.29 Å². The summed E-state index contributed by atoms with van der Waals surface area (Å²) in [7, 11) is 0. The van der Waals surface area contributed by atoms with Gasteiger partial charge in [-0.2, -0.15) is 0 Å². The molecule has 12 heavy (non-hydrogen) atoms. The van der Waals surface area contributed by atoms with Gasteiger partial charge in [-0.3, -0.25) is 4.79 Å². The van der Waals surface area contributed by atoms with Crippen molar-refractivity contribution in [2.45, 2.75) is 39.5 Å².